The van der Waals surface area contributed by atoms with Gasteiger partial charge in [0.15, 0.2) is 11.5 Å². The largest absolute Gasteiger partial charge is 0.463 e. The zero-order valence-corrected chi connectivity index (χ0v) is 14.5. The number of carbonyl (C=O) groups excluding carboxylic acids is 2. The molecule has 140 valence electrons. The molecule has 2 amide bonds. The lowest BCUT2D eigenvalue weighted by Crippen LogP contribution is -2.46. The van der Waals surface area contributed by atoms with E-state index in [4.69, 9.17) is 14.2 Å². The van der Waals surface area contributed by atoms with Gasteiger partial charge >= 0.3 is 12.0 Å². The number of aromatic nitrogens is 3. The lowest BCUT2D eigenvalue weighted by molar-refractivity contribution is -0.139. The summed E-state index contributed by atoms with van der Waals surface area (Å²) in [5.74, 6) is 0.646. The minimum absolute atomic E-state index is 0.134. The quantitative estimate of drug-likeness (QED) is 0.749. The molecule has 0 aliphatic carbocycles. The summed E-state index contributed by atoms with van der Waals surface area (Å²) in [5.41, 5.74) is 1.37. The molecule has 2 aliphatic heterocycles. The molecule has 2 aromatic rings. The van der Waals surface area contributed by atoms with Crippen molar-refractivity contribution in [1.82, 2.24) is 25.4 Å². The summed E-state index contributed by atoms with van der Waals surface area (Å²) >= 11 is 0. The number of allylic oxidation sites excluding steroid dienone is 1. The number of urea groups is 1. The summed E-state index contributed by atoms with van der Waals surface area (Å²) < 4.78 is 17.5. The maximum atomic E-state index is 12.7. The van der Waals surface area contributed by atoms with Gasteiger partial charge in [-0.25, -0.2) is 19.3 Å². The summed E-state index contributed by atoms with van der Waals surface area (Å²) in [6.07, 6.45) is 2.88. The van der Waals surface area contributed by atoms with Crippen molar-refractivity contribution in [3.63, 3.8) is 0 Å². The van der Waals surface area contributed by atoms with E-state index in [2.05, 4.69) is 20.7 Å². The SMILES string of the molecule is CCOC(=O)C1=C(Cn2cncn2)NC(=O)NC1c1ccc2c(c1)OCO2. The first-order chi connectivity index (χ1) is 13.2. The highest BCUT2D eigenvalue weighted by molar-refractivity contribution is 5.95. The molecule has 10 heteroatoms. The fraction of sp³-hybridized carbons (Fsp3) is 0.294. The molecule has 0 radical (unpaired) electrons. The number of hydrogen-bond acceptors (Lipinski definition) is 7. The van der Waals surface area contributed by atoms with Crippen molar-refractivity contribution < 1.29 is 23.8 Å². The van der Waals surface area contributed by atoms with Crippen molar-refractivity contribution in [2.75, 3.05) is 13.4 Å². The van der Waals surface area contributed by atoms with Gasteiger partial charge in [0, 0.05) is 0 Å². The molecule has 10 nitrogen and oxygen atoms in total. The summed E-state index contributed by atoms with van der Waals surface area (Å²) in [7, 11) is 0. The topological polar surface area (TPSA) is 117 Å². The standard InChI is InChI=1S/C17H17N5O5/c1-2-25-16(23)14-11(6-22-8-18-7-19-22)20-17(24)21-15(14)10-3-4-12-13(5-10)27-9-26-12/h3-5,7-8,15H,2,6,9H2,1H3,(H2,20,21,24). The third-order valence-corrected chi connectivity index (χ3v) is 4.17. The predicted molar refractivity (Wildman–Crippen MR) is 90.7 cm³/mol. The van der Waals surface area contributed by atoms with E-state index in [1.807, 2.05) is 0 Å². The lowest BCUT2D eigenvalue weighted by atomic mass is 9.94. The normalized spacial score (nSPS) is 18.1. The van der Waals surface area contributed by atoms with Gasteiger partial charge in [0.05, 0.1) is 30.5 Å². The van der Waals surface area contributed by atoms with Crippen LogP contribution >= 0.6 is 0 Å². The molecular weight excluding hydrogens is 354 g/mol. The summed E-state index contributed by atoms with van der Waals surface area (Å²) in [6.45, 7) is 2.23. The Morgan fingerprint density at radius 1 is 1.37 bits per heavy atom. The van der Waals surface area contributed by atoms with E-state index in [-0.39, 0.29) is 19.9 Å². The third-order valence-electron chi connectivity index (χ3n) is 4.17. The van der Waals surface area contributed by atoms with E-state index in [0.717, 1.165) is 0 Å². The van der Waals surface area contributed by atoms with Crippen LogP contribution in [0.5, 0.6) is 11.5 Å². The van der Waals surface area contributed by atoms with Gasteiger partial charge < -0.3 is 24.8 Å². The number of amides is 2. The van der Waals surface area contributed by atoms with Gasteiger partial charge in [0.25, 0.3) is 0 Å². The molecule has 1 atom stereocenters. The van der Waals surface area contributed by atoms with Crippen LogP contribution in [-0.2, 0) is 16.1 Å². The van der Waals surface area contributed by atoms with Gasteiger partial charge in [0.1, 0.15) is 12.7 Å². The average Bonchev–Trinajstić information content (AvgIpc) is 3.32. The van der Waals surface area contributed by atoms with Crippen molar-refractivity contribution >= 4 is 12.0 Å². The number of benzene rings is 1. The van der Waals surface area contributed by atoms with Gasteiger partial charge in [-0.05, 0) is 24.6 Å². The summed E-state index contributed by atoms with van der Waals surface area (Å²) in [4.78, 5) is 28.8. The zero-order chi connectivity index (χ0) is 18.8. The van der Waals surface area contributed by atoms with E-state index in [1.165, 1.54) is 17.3 Å². The smallest absolute Gasteiger partial charge is 0.338 e. The van der Waals surface area contributed by atoms with Crippen molar-refractivity contribution in [3.05, 3.63) is 47.7 Å². The molecule has 2 N–H and O–H groups in total. The molecule has 0 spiro atoms. The molecular formula is C17H17N5O5. The molecule has 0 saturated carbocycles. The average molecular weight is 371 g/mol. The van der Waals surface area contributed by atoms with E-state index in [1.54, 1.807) is 25.1 Å². The Morgan fingerprint density at radius 3 is 3.00 bits per heavy atom. The van der Waals surface area contributed by atoms with E-state index in [9.17, 15) is 9.59 Å². The van der Waals surface area contributed by atoms with Crippen LogP contribution < -0.4 is 20.1 Å². The molecule has 0 saturated heterocycles. The van der Waals surface area contributed by atoms with E-state index >= 15 is 0 Å². The lowest BCUT2D eigenvalue weighted by Gasteiger charge is -2.29. The van der Waals surface area contributed by atoms with Crippen LogP contribution in [-0.4, -0.2) is 40.2 Å². The summed E-state index contributed by atoms with van der Waals surface area (Å²) in [6, 6.07) is 4.12. The number of nitrogens with zero attached hydrogens (tertiary/aromatic N) is 3. The van der Waals surface area contributed by atoms with Gasteiger partial charge in [-0.15, -0.1) is 0 Å². The maximum absolute atomic E-state index is 12.7. The monoisotopic (exact) mass is 371 g/mol. The number of ether oxygens (including phenoxy) is 3. The Balaban J connectivity index is 1.77. The maximum Gasteiger partial charge on any atom is 0.338 e. The van der Waals surface area contributed by atoms with Crippen molar-refractivity contribution in [2.45, 2.75) is 19.5 Å². The van der Waals surface area contributed by atoms with Crippen LogP contribution in [0.4, 0.5) is 4.79 Å². The Morgan fingerprint density at radius 2 is 2.22 bits per heavy atom. The first-order valence-electron chi connectivity index (χ1n) is 8.35. The van der Waals surface area contributed by atoms with Crippen molar-refractivity contribution in [2.24, 2.45) is 0 Å². The number of hydrogen-bond donors (Lipinski definition) is 2. The van der Waals surface area contributed by atoms with Crippen LogP contribution in [0, 0.1) is 0 Å². The zero-order valence-electron chi connectivity index (χ0n) is 14.5. The molecule has 1 aromatic heterocycles. The molecule has 1 unspecified atom stereocenters. The molecule has 2 aliphatic rings. The number of fused-ring (bicyclic) bond motifs is 1. The second kappa shape index (κ2) is 6.98. The first kappa shape index (κ1) is 16.9. The third kappa shape index (κ3) is 3.28. The first-order valence-corrected chi connectivity index (χ1v) is 8.35. The second-order valence-corrected chi connectivity index (χ2v) is 5.85. The Labute approximate surface area is 154 Å². The van der Waals surface area contributed by atoms with Crippen LogP contribution in [0.2, 0.25) is 0 Å². The highest BCUT2D eigenvalue weighted by Crippen LogP contribution is 2.37. The Bertz CT molecular complexity index is 908. The van der Waals surface area contributed by atoms with E-state index in [0.29, 0.717) is 28.3 Å². The van der Waals surface area contributed by atoms with Gasteiger partial charge in [-0.1, -0.05) is 6.07 Å². The minimum atomic E-state index is -0.703. The van der Waals surface area contributed by atoms with E-state index < -0.39 is 18.0 Å². The van der Waals surface area contributed by atoms with Crippen LogP contribution in [0.25, 0.3) is 0 Å². The number of rotatable bonds is 5. The van der Waals surface area contributed by atoms with Gasteiger partial charge in [-0.2, -0.15) is 5.10 Å². The molecule has 27 heavy (non-hydrogen) atoms. The number of nitrogens with one attached hydrogen (secondary N) is 2. The highest BCUT2D eigenvalue weighted by atomic mass is 16.7. The van der Waals surface area contributed by atoms with Crippen molar-refractivity contribution in [1.29, 1.82) is 0 Å². The Hall–Kier alpha value is -3.56. The van der Waals surface area contributed by atoms with Crippen LogP contribution in [0.1, 0.15) is 18.5 Å². The molecule has 1 aromatic carbocycles. The Kier molecular flexibility index (Phi) is 4.37. The minimum Gasteiger partial charge on any atom is -0.463 e. The summed E-state index contributed by atoms with van der Waals surface area (Å²) in [5, 5.41) is 9.48. The predicted octanol–water partition coefficient (Wildman–Crippen LogP) is 0.878. The molecule has 3 heterocycles. The van der Waals surface area contributed by atoms with Gasteiger partial charge in [-0.3, -0.25) is 0 Å². The highest BCUT2D eigenvalue weighted by Gasteiger charge is 2.34. The molecule has 4 rings (SSSR count). The van der Waals surface area contributed by atoms with Crippen LogP contribution in [0.15, 0.2) is 42.1 Å². The fourth-order valence-electron chi connectivity index (χ4n) is 3.01. The van der Waals surface area contributed by atoms with Gasteiger partial charge in [0.2, 0.25) is 6.79 Å². The number of esters is 1. The number of carbonyl (C=O) groups is 2. The van der Waals surface area contributed by atoms with Crippen LogP contribution in [0.3, 0.4) is 0 Å². The fourth-order valence-corrected chi connectivity index (χ4v) is 3.01. The molecule has 0 fully saturated rings. The molecule has 0 bridgehead atoms. The van der Waals surface area contributed by atoms with Crippen molar-refractivity contribution in [3.8, 4) is 11.5 Å². The second-order valence-electron chi connectivity index (χ2n) is 5.85.